The highest BCUT2D eigenvalue weighted by Crippen LogP contribution is 2.26. The van der Waals surface area contributed by atoms with Crippen LogP contribution in [-0.4, -0.2) is 17.3 Å². The highest BCUT2D eigenvalue weighted by molar-refractivity contribution is 6.32. The minimum absolute atomic E-state index is 0.320. The first-order valence-corrected chi connectivity index (χ1v) is 9.01. The molecule has 0 radical (unpaired) electrons. The van der Waals surface area contributed by atoms with Crippen molar-refractivity contribution in [1.29, 1.82) is 0 Å². The topological polar surface area (TPSA) is 48.2 Å². The Morgan fingerprint density at radius 3 is 2.79 bits per heavy atom. The van der Waals surface area contributed by atoms with Crippen LogP contribution in [0.5, 0.6) is 5.75 Å². The summed E-state index contributed by atoms with van der Waals surface area (Å²) in [5.74, 6) is 1.27. The lowest BCUT2D eigenvalue weighted by Crippen LogP contribution is -1.91. The van der Waals surface area contributed by atoms with Crippen molar-refractivity contribution in [2.45, 2.75) is 6.42 Å². The van der Waals surface area contributed by atoms with Crippen molar-refractivity contribution in [1.82, 2.24) is 10.2 Å². The zero-order valence-electron chi connectivity index (χ0n) is 15.0. The van der Waals surface area contributed by atoms with Crippen molar-refractivity contribution in [2.75, 3.05) is 7.11 Å². The molecule has 0 aliphatic carbocycles. The summed E-state index contributed by atoms with van der Waals surface area (Å²) in [5.41, 5.74) is 1.74. The molecule has 0 fully saturated rings. The Morgan fingerprint density at radius 1 is 1.07 bits per heavy atom. The molecule has 140 valence electrons. The first-order chi connectivity index (χ1) is 13.6. The van der Waals surface area contributed by atoms with Crippen molar-refractivity contribution < 1.29 is 13.5 Å². The fraction of sp³-hybridized carbons (Fsp3) is 0.0909. The largest absolute Gasteiger partial charge is 0.497 e. The van der Waals surface area contributed by atoms with Crippen molar-refractivity contribution in [3.8, 4) is 5.75 Å². The molecule has 0 aliphatic heterocycles. The molecule has 0 N–H and O–H groups in total. The van der Waals surface area contributed by atoms with E-state index >= 15 is 0 Å². The molecule has 0 saturated carbocycles. The fourth-order valence-corrected chi connectivity index (χ4v) is 3.19. The van der Waals surface area contributed by atoms with Crippen LogP contribution in [0.3, 0.4) is 0 Å². The van der Waals surface area contributed by atoms with Crippen LogP contribution in [0, 0.1) is 5.82 Å². The number of methoxy groups -OCH3 is 1. The van der Waals surface area contributed by atoms with Crippen molar-refractivity contribution in [2.24, 2.45) is 0 Å². The fourth-order valence-electron chi connectivity index (χ4n) is 2.96. The average molecular weight is 395 g/mol. The summed E-state index contributed by atoms with van der Waals surface area (Å²) in [6.07, 6.45) is 3.87. The molecule has 0 spiro atoms. The van der Waals surface area contributed by atoms with Gasteiger partial charge in [-0.25, -0.2) is 4.39 Å². The van der Waals surface area contributed by atoms with Crippen molar-refractivity contribution in [3.63, 3.8) is 0 Å². The van der Waals surface area contributed by atoms with Gasteiger partial charge in [0.1, 0.15) is 11.6 Å². The predicted octanol–water partition coefficient (Wildman–Crippen LogP) is 5.79. The van der Waals surface area contributed by atoms with E-state index in [4.69, 9.17) is 20.8 Å². The Balaban J connectivity index is 1.57. The molecule has 0 amide bonds. The van der Waals surface area contributed by atoms with Gasteiger partial charge in [0.05, 0.1) is 18.6 Å². The standard InChI is InChI=1S/C22H16ClFN2O2/c1-27-18-9-6-14-3-2-4-16(19(14)13-18)11-22-26-25-21(28-22)10-7-15-5-8-17(24)12-20(15)23/h2-10,12-13H,11H2,1H3. The maximum atomic E-state index is 13.1. The van der Waals surface area contributed by atoms with Crippen molar-refractivity contribution in [3.05, 3.63) is 88.3 Å². The second-order valence-corrected chi connectivity index (χ2v) is 6.62. The van der Waals surface area contributed by atoms with Gasteiger partial charge in [0.25, 0.3) is 0 Å². The van der Waals surface area contributed by atoms with Gasteiger partial charge in [-0.3, -0.25) is 0 Å². The second kappa shape index (κ2) is 7.82. The number of benzene rings is 3. The van der Waals surface area contributed by atoms with E-state index in [0.29, 0.717) is 28.8 Å². The van der Waals surface area contributed by atoms with Gasteiger partial charge in [0, 0.05) is 6.08 Å². The first kappa shape index (κ1) is 18.2. The number of halogens is 2. The molecule has 0 atom stereocenters. The third-order valence-electron chi connectivity index (χ3n) is 4.37. The lowest BCUT2D eigenvalue weighted by molar-refractivity contribution is 0.415. The molecule has 0 saturated heterocycles. The van der Waals surface area contributed by atoms with E-state index < -0.39 is 0 Å². The summed E-state index contributed by atoms with van der Waals surface area (Å²) < 4.78 is 24.2. The van der Waals surface area contributed by atoms with Crippen LogP contribution in [-0.2, 0) is 6.42 Å². The van der Waals surface area contributed by atoms with E-state index in [9.17, 15) is 4.39 Å². The van der Waals surface area contributed by atoms with Crippen LogP contribution >= 0.6 is 11.6 Å². The predicted molar refractivity (Wildman–Crippen MR) is 108 cm³/mol. The van der Waals surface area contributed by atoms with E-state index in [1.807, 2.05) is 36.4 Å². The first-order valence-electron chi connectivity index (χ1n) is 8.63. The van der Waals surface area contributed by atoms with Crippen molar-refractivity contribution >= 4 is 34.5 Å². The van der Waals surface area contributed by atoms with E-state index in [1.54, 1.807) is 25.3 Å². The Kier molecular flexibility index (Phi) is 5.08. The van der Waals surface area contributed by atoms with Gasteiger partial charge in [-0.2, -0.15) is 0 Å². The Bertz CT molecular complexity index is 1170. The third kappa shape index (κ3) is 3.89. The molecule has 28 heavy (non-hydrogen) atoms. The highest BCUT2D eigenvalue weighted by atomic mass is 35.5. The molecular weight excluding hydrogens is 379 g/mol. The van der Waals surface area contributed by atoms with Gasteiger partial charge < -0.3 is 9.15 Å². The van der Waals surface area contributed by atoms with E-state index in [2.05, 4.69) is 10.2 Å². The summed E-state index contributed by atoms with van der Waals surface area (Å²) >= 11 is 6.02. The number of ether oxygens (including phenoxy) is 1. The molecule has 0 bridgehead atoms. The molecular formula is C22H16ClFN2O2. The summed E-state index contributed by atoms with van der Waals surface area (Å²) in [4.78, 5) is 0. The monoisotopic (exact) mass is 394 g/mol. The molecule has 0 unspecified atom stereocenters. The molecule has 4 rings (SSSR count). The smallest absolute Gasteiger partial charge is 0.240 e. The summed E-state index contributed by atoms with van der Waals surface area (Å²) in [5, 5.41) is 10.7. The molecule has 4 nitrogen and oxygen atoms in total. The lowest BCUT2D eigenvalue weighted by Gasteiger charge is -2.06. The van der Waals surface area contributed by atoms with Gasteiger partial charge in [-0.15, -0.1) is 10.2 Å². The minimum atomic E-state index is -0.381. The summed E-state index contributed by atoms with van der Waals surface area (Å²) in [7, 11) is 1.65. The number of hydrogen-bond donors (Lipinski definition) is 0. The van der Waals surface area contributed by atoms with Gasteiger partial charge in [0.2, 0.25) is 11.8 Å². The molecule has 1 heterocycles. The number of rotatable bonds is 5. The number of aromatic nitrogens is 2. The zero-order valence-corrected chi connectivity index (χ0v) is 15.8. The van der Waals surface area contributed by atoms with Crippen LogP contribution in [0.2, 0.25) is 5.02 Å². The number of fused-ring (bicyclic) bond motifs is 1. The lowest BCUT2D eigenvalue weighted by atomic mass is 10.0. The van der Waals surface area contributed by atoms with Gasteiger partial charge in [0.15, 0.2) is 0 Å². The quantitative estimate of drug-likeness (QED) is 0.430. The zero-order chi connectivity index (χ0) is 19.5. The van der Waals surface area contributed by atoms with Gasteiger partial charge >= 0.3 is 0 Å². The molecule has 1 aromatic heterocycles. The SMILES string of the molecule is COc1ccc2cccc(Cc3nnc(C=Cc4ccc(F)cc4Cl)o3)c2c1. The third-order valence-corrected chi connectivity index (χ3v) is 4.70. The molecule has 3 aromatic carbocycles. The minimum Gasteiger partial charge on any atom is -0.497 e. The van der Waals surface area contributed by atoms with Crippen LogP contribution < -0.4 is 4.74 Å². The van der Waals surface area contributed by atoms with Gasteiger partial charge in [-0.05, 0) is 52.2 Å². The van der Waals surface area contributed by atoms with Crippen LogP contribution in [0.15, 0.2) is 59.0 Å². The number of hydrogen-bond acceptors (Lipinski definition) is 4. The Hall–Kier alpha value is -3.18. The van der Waals surface area contributed by atoms with E-state index in [1.165, 1.54) is 12.1 Å². The molecule has 4 aromatic rings. The average Bonchev–Trinajstić information content (AvgIpc) is 3.14. The maximum absolute atomic E-state index is 13.1. The van der Waals surface area contributed by atoms with E-state index in [-0.39, 0.29) is 5.82 Å². The Labute approximate surface area is 166 Å². The van der Waals surface area contributed by atoms with Gasteiger partial charge in [-0.1, -0.05) is 41.9 Å². The summed E-state index contributed by atoms with van der Waals surface area (Å²) in [6.45, 7) is 0. The normalized spacial score (nSPS) is 11.4. The molecule has 0 aliphatic rings. The molecule has 6 heteroatoms. The Morgan fingerprint density at radius 2 is 1.96 bits per heavy atom. The highest BCUT2D eigenvalue weighted by Gasteiger charge is 2.09. The summed E-state index contributed by atoms with van der Waals surface area (Å²) in [6, 6.07) is 16.2. The van der Waals surface area contributed by atoms with Crippen LogP contribution in [0.4, 0.5) is 4.39 Å². The number of nitrogens with zero attached hydrogens (tertiary/aromatic N) is 2. The second-order valence-electron chi connectivity index (χ2n) is 6.21. The van der Waals surface area contributed by atoms with Crippen LogP contribution in [0.1, 0.15) is 22.9 Å². The van der Waals surface area contributed by atoms with Crippen LogP contribution in [0.25, 0.3) is 22.9 Å². The maximum Gasteiger partial charge on any atom is 0.240 e. The van der Waals surface area contributed by atoms with E-state index in [0.717, 1.165) is 22.1 Å².